The van der Waals surface area contributed by atoms with E-state index in [0.29, 0.717) is 23.8 Å². The van der Waals surface area contributed by atoms with Gasteiger partial charge in [-0.25, -0.2) is 9.67 Å². The third kappa shape index (κ3) is 5.36. The Kier molecular flexibility index (Phi) is 7.67. The molecule has 3 rings (SSSR count). The Labute approximate surface area is 187 Å². The van der Waals surface area contributed by atoms with Crippen LogP contribution in [0.5, 0.6) is 17.2 Å². The summed E-state index contributed by atoms with van der Waals surface area (Å²) >= 11 is 0. The highest BCUT2D eigenvalue weighted by atomic mass is 16.5. The van der Waals surface area contributed by atoms with E-state index >= 15 is 0 Å². The number of carbonyl (C=O) groups excluding carboxylic acids is 1. The molecule has 0 bridgehead atoms. The molecule has 0 saturated carbocycles. The Morgan fingerprint density at radius 2 is 1.72 bits per heavy atom. The van der Waals surface area contributed by atoms with Crippen molar-refractivity contribution in [2.24, 2.45) is 0 Å². The molecule has 0 spiro atoms. The van der Waals surface area contributed by atoms with Gasteiger partial charge in [-0.15, -0.1) is 0 Å². The van der Waals surface area contributed by atoms with Gasteiger partial charge in [-0.3, -0.25) is 9.69 Å². The second-order valence-electron chi connectivity index (χ2n) is 7.32. The maximum Gasteiger partial charge on any atom is 0.234 e. The van der Waals surface area contributed by atoms with Gasteiger partial charge >= 0.3 is 0 Å². The van der Waals surface area contributed by atoms with Gasteiger partial charge in [0.1, 0.15) is 18.4 Å². The molecule has 0 fully saturated rings. The molecule has 2 aromatic carbocycles. The van der Waals surface area contributed by atoms with Crippen LogP contribution in [0.1, 0.15) is 24.1 Å². The lowest BCUT2D eigenvalue weighted by molar-refractivity contribution is -0.122. The maximum absolute atomic E-state index is 12.6. The van der Waals surface area contributed by atoms with Gasteiger partial charge in [0.25, 0.3) is 0 Å². The fourth-order valence-corrected chi connectivity index (χ4v) is 3.35. The Bertz CT molecular complexity index is 1020. The van der Waals surface area contributed by atoms with Crippen LogP contribution in [0.3, 0.4) is 0 Å². The van der Waals surface area contributed by atoms with E-state index in [0.717, 1.165) is 16.8 Å². The predicted molar refractivity (Wildman–Crippen MR) is 120 cm³/mol. The maximum atomic E-state index is 12.6. The third-order valence-electron chi connectivity index (χ3n) is 5.38. The molecule has 170 valence electrons. The van der Waals surface area contributed by atoms with E-state index in [9.17, 15) is 4.79 Å². The molecule has 0 radical (unpaired) electrons. The number of aromatic nitrogens is 3. The highest BCUT2D eigenvalue weighted by Gasteiger charge is 2.17. The number of methoxy groups -OCH3 is 3. The second kappa shape index (κ2) is 10.6. The average Bonchev–Trinajstić information content (AvgIpc) is 3.36. The summed E-state index contributed by atoms with van der Waals surface area (Å²) in [4.78, 5) is 18.5. The van der Waals surface area contributed by atoms with Crippen LogP contribution in [0, 0.1) is 0 Å². The Balaban J connectivity index is 1.59. The standard InChI is InChI=1S/C23H29N5O4/c1-16(17-6-8-19(9-7-17)28-15-24-14-26-28)27(2)13-23(29)25-12-18-10-21(31-4)22(32-5)11-20(18)30-3/h6-11,14-16H,12-13H2,1-5H3,(H,25,29)/t16-/m0/s1. The summed E-state index contributed by atoms with van der Waals surface area (Å²) in [7, 11) is 6.64. The number of hydrogen-bond donors (Lipinski definition) is 1. The topological polar surface area (TPSA) is 90.7 Å². The molecule has 1 atom stereocenters. The summed E-state index contributed by atoms with van der Waals surface area (Å²) in [5.74, 6) is 1.69. The molecule has 1 heterocycles. The van der Waals surface area contributed by atoms with Crippen molar-refractivity contribution in [3.8, 4) is 22.9 Å². The van der Waals surface area contributed by atoms with Crippen molar-refractivity contribution in [3.63, 3.8) is 0 Å². The van der Waals surface area contributed by atoms with Gasteiger partial charge in [0.2, 0.25) is 5.91 Å². The summed E-state index contributed by atoms with van der Waals surface area (Å²) in [6, 6.07) is 11.6. The lowest BCUT2D eigenvalue weighted by Gasteiger charge is -2.24. The van der Waals surface area contributed by atoms with E-state index in [4.69, 9.17) is 14.2 Å². The number of nitrogens with one attached hydrogen (secondary N) is 1. The van der Waals surface area contributed by atoms with Crippen LogP contribution in [-0.4, -0.2) is 60.5 Å². The van der Waals surface area contributed by atoms with Gasteiger partial charge in [-0.2, -0.15) is 5.10 Å². The van der Waals surface area contributed by atoms with Crippen LogP contribution in [0.15, 0.2) is 49.1 Å². The number of carbonyl (C=O) groups is 1. The zero-order chi connectivity index (χ0) is 23.1. The van der Waals surface area contributed by atoms with E-state index < -0.39 is 0 Å². The molecule has 1 amide bonds. The molecule has 1 aromatic heterocycles. The fraction of sp³-hybridized carbons (Fsp3) is 0.348. The highest BCUT2D eigenvalue weighted by Crippen LogP contribution is 2.34. The van der Waals surface area contributed by atoms with Crippen LogP contribution in [0.2, 0.25) is 0 Å². The van der Waals surface area contributed by atoms with Gasteiger partial charge in [0, 0.05) is 24.2 Å². The van der Waals surface area contributed by atoms with Crippen molar-refractivity contribution >= 4 is 5.91 Å². The van der Waals surface area contributed by atoms with Crippen molar-refractivity contribution in [2.45, 2.75) is 19.5 Å². The number of ether oxygens (including phenoxy) is 3. The van der Waals surface area contributed by atoms with Crippen molar-refractivity contribution < 1.29 is 19.0 Å². The number of likely N-dealkylation sites (N-methyl/N-ethyl adjacent to an activating group) is 1. The van der Waals surface area contributed by atoms with Gasteiger partial charge in [-0.1, -0.05) is 12.1 Å². The first-order valence-corrected chi connectivity index (χ1v) is 10.2. The van der Waals surface area contributed by atoms with Crippen LogP contribution in [-0.2, 0) is 11.3 Å². The molecular formula is C23H29N5O4. The molecule has 1 N–H and O–H groups in total. The Morgan fingerprint density at radius 1 is 1.06 bits per heavy atom. The van der Waals surface area contributed by atoms with Crippen molar-refractivity contribution in [1.82, 2.24) is 25.0 Å². The van der Waals surface area contributed by atoms with Gasteiger partial charge in [-0.05, 0) is 37.7 Å². The summed E-state index contributed by atoms with van der Waals surface area (Å²) in [6.07, 6.45) is 3.16. The van der Waals surface area contributed by atoms with E-state index in [2.05, 4.69) is 22.3 Å². The first kappa shape index (κ1) is 23.1. The molecule has 9 nitrogen and oxygen atoms in total. The van der Waals surface area contributed by atoms with Crippen molar-refractivity contribution in [1.29, 1.82) is 0 Å². The van der Waals surface area contributed by atoms with Gasteiger partial charge < -0.3 is 19.5 Å². The molecule has 0 aliphatic carbocycles. The normalized spacial score (nSPS) is 11.8. The van der Waals surface area contributed by atoms with E-state index in [1.54, 1.807) is 44.5 Å². The Morgan fingerprint density at radius 3 is 2.31 bits per heavy atom. The smallest absolute Gasteiger partial charge is 0.234 e. The van der Waals surface area contributed by atoms with Crippen LogP contribution >= 0.6 is 0 Å². The minimum absolute atomic E-state index is 0.0566. The molecule has 0 unspecified atom stereocenters. The average molecular weight is 440 g/mol. The molecule has 3 aromatic rings. The lowest BCUT2D eigenvalue weighted by atomic mass is 10.1. The zero-order valence-corrected chi connectivity index (χ0v) is 19.0. The number of hydrogen-bond acceptors (Lipinski definition) is 7. The molecule has 0 saturated heterocycles. The monoisotopic (exact) mass is 439 g/mol. The summed E-state index contributed by atoms with van der Waals surface area (Å²) in [5.41, 5.74) is 2.84. The van der Waals surface area contributed by atoms with Gasteiger partial charge in [0.05, 0.1) is 33.6 Å². The number of nitrogens with zero attached hydrogens (tertiary/aromatic N) is 4. The van der Waals surface area contributed by atoms with Crippen molar-refractivity contribution in [2.75, 3.05) is 34.9 Å². The van der Waals surface area contributed by atoms with Crippen molar-refractivity contribution in [3.05, 3.63) is 60.2 Å². The fourth-order valence-electron chi connectivity index (χ4n) is 3.35. The van der Waals surface area contributed by atoms with Gasteiger partial charge in [0.15, 0.2) is 11.5 Å². The van der Waals surface area contributed by atoms with E-state index in [1.807, 2.05) is 36.2 Å². The molecule has 0 aliphatic rings. The largest absolute Gasteiger partial charge is 0.496 e. The summed E-state index contributed by atoms with van der Waals surface area (Å²) in [6.45, 7) is 2.63. The van der Waals surface area contributed by atoms with Crippen LogP contribution in [0.4, 0.5) is 0 Å². The molecule has 32 heavy (non-hydrogen) atoms. The lowest BCUT2D eigenvalue weighted by Crippen LogP contribution is -2.36. The first-order chi connectivity index (χ1) is 15.5. The second-order valence-corrected chi connectivity index (χ2v) is 7.32. The summed E-state index contributed by atoms with van der Waals surface area (Å²) in [5, 5.41) is 7.08. The quantitative estimate of drug-likeness (QED) is 0.519. The molecular weight excluding hydrogens is 410 g/mol. The van der Waals surface area contributed by atoms with E-state index in [-0.39, 0.29) is 18.5 Å². The van der Waals surface area contributed by atoms with E-state index in [1.165, 1.54) is 6.33 Å². The molecule has 9 heteroatoms. The van der Waals surface area contributed by atoms with Crippen LogP contribution in [0.25, 0.3) is 5.69 Å². The minimum atomic E-state index is -0.0876. The van der Waals surface area contributed by atoms with Crippen LogP contribution < -0.4 is 19.5 Å². The third-order valence-corrected chi connectivity index (χ3v) is 5.38. The number of amides is 1. The summed E-state index contributed by atoms with van der Waals surface area (Å²) < 4.78 is 17.8. The predicted octanol–water partition coefficient (Wildman–Crippen LogP) is 2.60. The SMILES string of the molecule is COc1cc(OC)c(OC)cc1CNC(=O)CN(C)[C@@H](C)c1ccc(-n2cncn2)cc1. The minimum Gasteiger partial charge on any atom is -0.496 e. The number of rotatable bonds is 10. The highest BCUT2D eigenvalue weighted by molar-refractivity contribution is 5.78. The first-order valence-electron chi connectivity index (χ1n) is 10.2. The number of benzene rings is 2. The zero-order valence-electron chi connectivity index (χ0n) is 19.0. The molecule has 0 aliphatic heterocycles. The Hall–Kier alpha value is -3.59.